The molecule has 3 aromatic rings. The molecule has 1 saturated heterocycles. The summed E-state index contributed by atoms with van der Waals surface area (Å²) in [6, 6.07) is 23.5. The minimum absolute atomic E-state index is 0.0685. The number of halogens is 1. The summed E-state index contributed by atoms with van der Waals surface area (Å²) in [6.07, 6.45) is 1.36. The Hall–Kier alpha value is -2.54. The van der Waals surface area contributed by atoms with Crippen LogP contribution in [0.2, 0.25) is 5.02 Å². The smallest absolute Gasteiger partial charge is 0.241 e. The quantitative estimate of drug-likeness (QED) is 0.342. The summed E-state index contributed by atoms with van der Waals surface area (Å²) in [5, 5.41) is 0.436. The topological polar surface area (TPSA) is 38.8 Å². The van der Waals surface area contributed by atoms with E-state index < -0.39 is 0 Å². The van der Waals surface area contributed by atoms with Crippen molar-refractivity contribution < 1.29 is 14.3 Å². The predicted molar refractivity (Wildman–Crippen MR) is 138 cm³/mol. The number of ether oxygens (including phenoxy) is 2. The number of nitrogens with zero attached hydrogens (tertiary/aromatic N) is 1. The van der Waals surface area contributed by atoms with Gasteiger partial charge in [0.2, 0.25) is 5.91 Å². The second-order valence-electron chi connectivity index (χ2n) is 7.67. The molecule has 33 heavy (non-hydrogen) atoms. The summed E-state index contributed by atoms with van der Waals surface area (Å²) >= 11 is 13.2. The van der Waals surface area contributed by atoms with E-state index in [4.69, 9.17) is 33.3 Å². The molecule has 1 aliphatic rings. The summed E-state index contributed by atoms with van der Waals surface area (Å²) in [7, 11) is 1.61. The van der Waals surface area contributed by atoms with Crippen molar-refractivity contribution in [2.24, 2.45) is 0 Å². The van der Waals surface area contributed by atoms with Gasteiger partial charge in [0.1, 0.15) is 10.9 Å². The Morgan fingerprint density at radius 1 is 1.00 bits per heavy atom. The monoisotopic (exact) mass is 497 g/mol. The first-order chi connectivity index (χ1) is 16.0. The highest BCUT2D eigenvalue weighted by Crippen LogP contribution is 2.34. The van der Waals surface area contributed by atoms with Gasteiger partial charge in [-0.15, -0.1) is 0 Å². The Labute approximate surface area is 208 Å². The van der Waals surface area contributed by atoms with Crippen LogP contribution in [0.3, 0.4) is 0 Å². The fraction of sp³-hybridized carbons (Fsp3) is 0.231. The number of amides is 1. The Morgan fingerprint density at radius 3 is 2.52 bits per heavy atom. The average Bonchev–Trinajstić information content (AvgIpc) is 3.10. The lowest BCUT2D eigenvalue weighted by Gasteiger charge is -2.16. The van der Waals surface area contributed by atoms with Crippen LogP contribution in [0.4, 0.5) is 0 Å². The van der Waals surface area contributed by atoms with Gasteiger partial charge < -0.3 is 9.47 Å². The Morgan fingerprint density at radius 2 is 1.76 bits per heavy atom. The maximum absolute atomic E-state index is 13.0. The first kappa shape index (κ1) is 23.6. The second-order valence-corrected chi connectivity index (χ2v) is 9.91. The summed E-state index contributed by atoms with van der Waals surface area (Å²) in [6.45, 7) is 0.945. The van der Waals surface area contributed by atoms with E-state index in [0.29, 0.717) is 40.4 Å². The molecule has 1 aliphatic heterocycles. The molecule has 0 bridgehead atoms. The van der Waals surface area contributed by atoms with Crippen LogP contribution in [0.5, 0.6) is 11.5 Å². The maximum atomic E-state index is 13.0. The van der Waals surface area contributed by atoms with Gasteiger partial charge in [-0.25, -0.2) is 0 Å². The van der Waals surface area contributed by atoms with Crippen molar-refractivity contribution in [1.29, 1.82) is 0 Å². The number of benzene rings is 3. The van der Waals surface area contributed by atoms with E-state index in [9.17, 15) is 4.79 Å². The Bertz CT molecular complexity index is 1140. The van der Waals surface area contributed by atoms with Crippen molar-refractivity contribution >= 4 is 45.8 Å². The fourth-order valence-corrected chi connectivity index (χ4v) is 5.43. The fourth-order valence-electron chi connectivity index (χ4n) is 3.66. The molecule has 0 spiro atoms. The van der Waals surface area contributed by atoms with E-state index in [-0.39, 0.29) is 11.2 Å². The molecule has 1 atom stereocenters. The third-order valence-electron chi connectivity index (χ3n) is 5.46. The molecule has 1 heterocycles. The molecule has 170 valence electrons. The molecule has 0 aliphatic carbocycles. The number of thioether (sulfide) groups is 1. The Kier molecular flexibility index (Phi) is 7.91. The number of thiocarbonyl (C=S) groups is 1. The zero-order valence-electron chi connectivity index (χ0n) is 18.2. The van der Waals surface area contributed by atoms with Gasteiger partial charge in [0.15, 0.2) is 11.5 Å². The number of hydrogen-bond acceptors (Lipinski definition) is 5. The van der Waals surface area contributed by atoms with Crippen molar-refractivity contribution in [2.45, 2.75) is 24.7 Å². The molecule has 1 amide bonds. The van der Waals surface area contributed by atoms with Crippen LogP contribution in [-0.2, 0) is 24.2 Å². The predicted octanol–water partition coefficient (Wildman–Crippen LogP) is 5.94. The highest BCUT2D eigenvalue weighted by molar-refractivity contribution is 8.24. The van der Waals surface area contributed by atoms with Gasteiger partial charge >= 0.3 is 0 Å². The SMILES string of the molecule is COc1cc(C[C@H]2SC(=S)N(CCc3ccccc3)C2=O)ccc1OCc1ccccc1Cl. The molecular formula is C26H24ClNO3S2. The first-order valence-electron chi connectivity index (χ1n) is 10.6. The van der Waals surface area contributed by atoms with Crippen LogP contribution in [-0.4, -0.2) is 34.0 Å². The van der Waals surface area contributed by atoms with E-state index >= 15 is 0 Å². The van der Waals surface area contributed by atoms with E-state index in [1.165, 1.54) is 17.3 Å². The largest absolute Gasteiger partial charge is 0.493 e. The minimum Gasteiger partial charge on any atom is -0.493 e. The highest BCUT2D eigenvalue weighted by Gasteiger charge is 2.36. The second kappa shape index (κ2) is 11.1. The molecule has 0 unspecified atom stereocenters. The van der Waals surface area contributed by atoms with Crippen molar-refractivity contribution in [2.75, 3.05) is 13.7 Å². The summed E-state index contributed by atoms with van der Waals surface area (Å²) in [5.74, 6) is 1.32. The number of carbonyl (C=O) groups excluding carboxylic acids is 1. The zero-order chi connectivity index (χ0) is 23.2. The van der Waals surface area contributed by atoms with Crippen LogP contribution < -0.4 is 9.47 Å². The standard InChI is InChI=1S/C26H24ClNO3S2/c1-30-23-15-19(11-12-22(23)31-17-20-9-5-6-10-21(20)27)16-24-25(29)28(26(32)33-24)14-13-18-7-3-2-4-8-18/h2-12,15,24H,13-14,16-17H2,1H3/t24-/m1/s1. The van der Waals surface area contributed by atoms with E-state index in [0.717, 1.165) is 17.5 Å². The molecular weight excluding hydrogens is 474 g/mol. The van der Waals surface area contributed by atoms with Gasteiger partial charge in [-0.3, -0.25) is 9.69 Å². The third-order valence-corrected chi connectivity index (χ3v) is 7.41. The van der Waals surface area contributed by atoms with Crippen LogP contribution in [0.25, 0.3) is 0 Å². The van der Waals surface area contributed by atoms with Crippen molar-refractivity contribution in [3.05, 3.63) is 94.5 Å². The van der Waals surface area contributed by atoms with Crippen LogP contribution in [0.1, 0.15) is 16.7 Å². The van der Waals surface area contributed by atoms with Gasteiger partial charge in [0.25, 0.3) is 0 Å². The normalized spacial score (nSPS) is 15.7. The number of rotatable bonds is 9. The molecule has 0 aromatic heterocycles. The summed E-state index contributed by atoms with van der Waals surface area (Å²) < 4.78 is 12.1. The molecule has 3 aromatic carbocycles. The molecule has 4 nitrogen and oxygen atoms in total. The van der Waals surface area contributed by atoms with Crippen molar-refractivity contribution in [3.63, 3.8) is 0 Å². The highest BCUT2D eigenvalue weighted by atomic mass is 35.5. The Balaban J connectivity index is 1.38. The number of carbonyl (C=O) groups is 1. The molecule has 0 saturated carbocycles. The molecule has 0 radical (unpaired) electrons. The molecule has 0 N–H and O–H groups in total. The van der Waals surface area contributed by atoms with Crippen molar-refractivity contribution in [1.82, 2.24) is 4.90 Å². The van der Waals surface area contributed by atoms with Gasteiger partial charge in [0.05, 0.1) is 12.4 Å². The van der Waals surface area contributed by atoms with Gasteiger partial charge in [0, 0.05) is 17.1 Å². The van der Waals surface area contributed by atoms with Crippen LogP contribution in [0.15, 0.2) is 72.8 Å². The lowest BCUT2D eigenvalue weighted by atomic mass is 10.1. The van der Waals surface area contributed by atoms with Crippen LogP contribution >= 0.6 is 35.6 Å². The lowest BCUT2D eigenvalue weighted by Crippen LogP contribution is -2.33. The molecule has 4 rings (SSSR count). The maximum Gasteiger partial charge on any atom is 0.241 e. The van der Waals surface area contributed by atoms with Crippen molar-refractivity contribution in [3.8, 4) is 11.5 Å². The summed E-state index contributed by atoms with van der Waals surface area (Å²) in [5.41, 5.74) is 3.09. The zero-order valence-corrected chi connectivity index (χ0v) is 20.6. The first-order valence-corrected chi connectivity index (χ1v) is 12.3. The minimum atomic E-state index is -0.229. The number of hydrogen-bond donors (Lipinski definition) is 0. The van der Waals surface area contributed by atoms with Gasteiger partial charge in [-0.2, -0.15) is 0 Å². The van der Waals surface area contributed by atoms with E-state index in [2.05, 4.69) is 12.1 Å². The summed E-state index contributed by atoms with van der Waals surface area (Å²) in [4.78, 5) is 14.7. The number of methoxy groups -OCH3 is 1. The van der Waals surface area contributed by atoms with E-state index in [1.807, 2.05) is 60.7 Å². The van der Waals surface area contributed by atoms with Crippen LogP contribution in [0, 0.1) is 0 Å². The van der Waals surface area contributed by atoms with Gasteiger partial charge in [-0.05, 0) is 42.2 Å². The lowest BCUT2D eigenvalue weighted by molar-refractivity contribution is -0.126. The molecule has 7 heteroatoms. The average molecular weight is 498 g/mol. The molecule has 1 fully saturated rings. The van der Waals surface area contributed by atoms with Gasteiger partial charge in [-0.1, -0.05) is 90.2 Å². The third kappa shape index (κ3) is 5.88. The van der Waals surface area contributed by atoms with E-state index in [1.54, 1.807) is 12.0 Å².